The number of nitrogens with zero attached hydrogens (tertiary/aromatic N) is 1. The molecule has 0 radical (unpaired) electrons. The van der Waals surface area contributed by atoms with Crippen molar-refractivity contribution in [3.8, 4) is 0 Å². The lowest BCUT2D eigenvalue weighted by atomic mass is 9.88. The van der Waals surface area contributed by atoms with Crippen molar-refractivity contribution < 1.29 is 15.1 Å². The second-order valence-corrected chi connectivity index (χ2v) is 6.29. The molecule has 0 spiro atoms. The Labute approximate surface area is 116 Å². The number of aliphatic hydroxyl groups excluding tert-OH is 2. The van der Waals surface area contributed by atoms with E-state index in [1.807, 2.05) is 0 Å². The summed E-state index contributed by atoms with van der Waals surface area (Å²) >= 11 is 0. The molecule has 5 heteroatoms. The van der Waals surface area contributed by atoms with Gasteiger partial charge >= 0.3 is 0 Å². The van der Waals surface area contributed by atoms with Crippen molar-refractivity contribution in [2.24, 2.45) is 11.1 Å². The van der Waals surface area contributed by atoms with Crippen molar-refractivity contribution in [2.75, 3.05) is 19.8 Å². The number of β-amino-alcohol motifs (C(OH)–C–C–N with tert-alkyl or cyclic N) is 1. The van der Waals surface area contributed by atoms with Crippen molar-refractivity contribution in [3.05, 3.63) is 0 Å². The average molecular weight is 272 g/mol. The summed E-state index contributed by atoms with van der Waals surface area (Å²) in [6, 6.07) is 0. The van der Waals surface area contributed by atoms with Gasteiger partial charge < -0.3 is 20.4 Å². The highest BCUT2D eigenvalue weighted by Crippen LogP contribution is 2.21. The molecule has 112 valence electrons. The van der Waals surface area contributed by atoms with E-state index in [1.54, 1.807) is 0 Å². The van der Waals surface area contributed by atoms with Gasteiger partial charge in [0.15, 0.2) is 0 Å². The van der Waals surface area contributed by atoms with Gasteiger partial charge in [-0.2, -0.15) is 0 Å². The molecular formula is C14H28N2O3. The molecular weight excluding hydrogens is 244 g/mol. The minimum atomic E-state index is -0.570. The van der Waals surface area contributed by atoms with Crippen molar-refractivity contribution in [3.63, 3.8) is 0 Å². The smallest absolute Gasteiger partial charge is 0.144 e. The van der Waals surface area contributed by atoms with Crippen LogP contribution in [0.4, 0.5) is 0 Å². The summed E-state index contributed by atoms with van der Waals surface area (Å²) < 4.78 is 0. The van der Waals surface area contributed by atoms with E-state index in [9.17, 15) is 10.2 Å². The number of aliphatic hydroxyl groups is 2. The van der Waals surface area contributed by atoms with Crippen LogP contribution in [0.5, 0.6) is 0 Å². The van der Waals surface area contributed by atoms with E-state index >= 15 is 0 Å². The van der Waals surface area contributed by atoms with Gasteiger partial charge in [0.1, 0.15) is 12.7 Å². The maximum Gasteiger partial charge on any atom is 0.144 e. The Morgan fingerprint density at radius 3 is 2.79 bits per heavy atom. The topological polar surface area (TPSA) is 74.1 Å². The Kier molecular flexibility index (Phi) is 6.75. The van der Waals surface area contributed by atoms with E-state index in [1.165, 1.54) is 0 Å². The van der Waals surface area contributed by atoms with Crippen LogP contribution in [0.3, 0.4) is 0 Å². The Morgan fingerprint density at radius 1 is 1.42 bits per heavy atom. The number of hydrogen-bond acceptors (Lipinski definition) is 5. The van der Waals surface area contributed by atoms with Gasteiger partial charge in [-0.25, -0.2) is 0 Å². The zero-order valence-electron chi connectivity index (χ0n) is 12.4. The maximum atomic E-state index is 9.76. The molecule has 2 atom stereocenters. The molecule has 0 amide bonds. The molecule has 1 saturated carbocycles. The zero-order chi connectivity index (χ0) is 14.3. The molecule has 1 fully saturated rings. The van der Waals surface area contributed by atoms with Gasteiger partial charge in [-0.3, -0.25) is 0 Å². The Morgan fingerprint density at radius 2 is 2.16 bits per heavy atom. The number of oxime groups is 1. The van der Waals surface area contributed by atoms with Crippen LogP contribution in [0.25, 0.3) is 0 Å². The quantitative estimate of drug-likeness (QED) is 0.637. The van der Waals surface area contributed by atoms with Gasteiger partial charge in [-0.1, -0.05) is 11.6 Å². The van der Waals surface area contributed by atoms with Crippen molar-refractivity contribution >= 4 is 5.71 Å². The zero-order valence-corrected chi connectivity index (χ0v) is 12.4. The van der Waals surface area contributed by atoms with E-state index in [2.05, 4.69) is 31.2 Å². The summed E-state index contributed by atoms with van der Waals surface area (Å²) in [5.41, 5.74) is 0.919. The summed E-state index contributed by atoms with van der Waals surface area (Å²) in [6.07, 6.45) is 3.54. The molecule has 1 aliphatic rings. The highest BCUT2D eigenvalue weighted by molar-refractivity contribution is 5.87. The van der Waals surface area contributed by atoms with Crippen LogP contribution in [0, 0.1) is 5.92 Å². The first kappa shape index (κ1) is 16.4. The monoisotopic (exact) mass is 272 g/mol. The molecule has 1 rings (SSSR count). The fraction of sp³-hybridized carbons (Fsp3) is 0.929. The van der Waals surface area contributed by atoms with Crippen LogP contribution in [0.15, 0.2) is 5.16 Å². The predicted molar refractivity (Wildman–Crippen MR) is 76.2 cm³/mol. The third-order valence-corrected chi connectivity index (χ3v) is 3.24. The van der Waals surface area contributed by atoms with E-state index in [4.69, 9.17) is 4.84 Å². The Bertz CT molecular complexity index is 287. The first-order chi connectivity index (χ1) is 8.92. The molecule has 0 heterocycles. The fourth-order valence-corrected chi connectivity index (χ4v) is 2.07. The molecule has 0 saturated heterocycles. The van der Waals surface area contributed by atoms with Crippen LogP contribution in [0.2, 0.25) is 0 Å². The molecule has 19 heavy (non-hydrogen) atoms. The molecule has 2 unspecified atom stereocenters. The van der Waals surface area contributed by atoms with Crippen LogP contribution in [-0.2, 0) is 4.84 Å². The molecule has 0 aromatic rings. The molecule has 5 nitrogen and oxygen atoms in total. The molecule has 1 aliphatic carbocycles. The number of nitrogens with one attached hydrogen (secondary N) is 1. The van der Waals surface area contributed by atoms with Gasteiger partial charge in [-0.05, 0) is 40.0 Å². The van der Waals surface area contributed by atoms with Crippen molar-refractivity contribution in [1.82, 2.24) is 5.32 Å². The first-order valence-corrected chi connectivity index (χ1v) is 7.15. The summed E-state index contributed by atoms with van der Waals surface area (Å²) in [7, 11) is 0. The SMILES string of the molecule is CC(C)(C)NCC(O)CO/N=C1\CCCCC1CO. The van der Waals surface area contributed by atoms with Gasteiger partial charge in [-0.15, -0.1) is 0 Å². The minimum absolute atomic E-state index is 0.0156. The average Bonchev–Trinajstić information content (AvgIpc) is 2.36. The lowest BCUT2D eigenvalue weighted by Crippen LogP contribution is -2.42. The largest absolute Gasteiger partial charge is 0.396 e. The van der Waals surface area contributed by atoms with Gasteiger partial charge in [0.05, 0.1) is 12.3 Å². The third kappa shape index (κ3) is 6.89. The lowest BCUT2D eigenvalue weighted by Gasteiger charge is -2.23. The highest BCUT2D eigenvalue weighted by Gasteiger charge is 2.20. The van der Waals surface area contributed by atoms with Crippen molar-refractivity contribution in [1.29, 1.82) is 0 Å². The van der Waals surface area contributed by atoms with Crippen LogP contribution >= 0.6 is 0 Å². The molecule has 0 aromatic heterocycles. The summed E-state index contributed by atoms with van der Waals surface area (Å²) in [6.45, 7) is 6.96. The number of hydrogen-bond donors (Lipinski definition) is 3. The summed E-state index contributed by atoms with van der Waals surface area (Å²) in [4.78, 5) is 5.22. The highest BCUT2D eigenvalue weighted by atomic mass is 16.6. The first-order valence-electron chi connectivity index (χ1n) is 7.15. The van der Waals surface area contributed by atoms with Crippen LogP contribution < -0.4 is 5.32 Å². The molecule has 3 N–H and O–H groups in total. The lowest BCUT2D eigenvalue weighted by molar-refractivity contribution is 0.0357. The summed E-state index contributed by atoms with van der Waals surface area (Å²) in [5.74, 6) is 0.138. The van der Waals surface area contributed by atoms with Gasteiger partial charge in [0, 0.05) is 18.0 Å². The van der Waals surface area contributed by atoms with E-state index in [0.717, 1.165) is 31.4 Å². The predicted octanol–water partition coefficient (Wildman–Crippen LogP) is 1.29. The Balaban J connectivity index is 2.27. The third-order valence-electron chi connectivity index (χ3n) is 3.24. The second kappa shape index (κ2) is 7.82. The second-order valence-electron chi connectivity index (χ2n) is 6.29. The van der Waals surface area contributed by atoms with E-state index in [-0.39, 0.29) is 24.7 Å². The van der Waals surface area contributed by atoms with Crippen LogP contribution in [0.1, 0.15) is 46.5 Å². The standard InChI is InChI=1S/C14H28N2O3/c1-14(2,3)15-8-12(18)10-19-16-13-7-5-4-6-11(13)9-17/h11-12,15,17-18H,4-10H2,1-3H3/b16-13+. The summed E-state index contributed by atoms with van der Waals surface area (Å²) in [5, 5.41) is 26.3. The van der Waals surface area contributed by atoms with E-state index in [0.29, 0.717) is 6.54 Å². The number of rotatable bonds is 6. The fourth-order valence-electron chi connectivity index (χ4n) is 2.07. The molecule has 0 aromatic carbocycles. The Hall–Kier alpha value is -0.650. The van der Waals surface area contributed by atoms with E-state index < -0.39 is 6.10 Å². The molecule has 0 aliphatic heterocycles. The van der Waals surface area contributed by atoms with Gasteiger partial charge in [0.25, 0.3) is 0 Å². The van der Waals surface area contributed by atoms with Gasteiger partial charge in [0.2, 0.25) is 0 Å². The minimum Gasteiger partial charge on any atom is -0.396 e. The van der Waals surface area contributed by atoms with Crippen LogP contribution in [-0.4, -0.2) is 47.3 Å². The maximum absolute atomic E-state index is 9.76. The van der Waals surface area contributed by atoms with Crippen molar-refractivity contribution in [2.45, 2.75) is 58.1 Å². The normalized spacial score (nSPS) is 24.5. The molecule has 0 bridgehead atoms.